The number of nitrogens with one attached hydrogen (secondary N) is 1. The first-order valence-electron chi connectivity index (χ1n) is 3.54. The molecule has 0 fully saturated rings. The summed E-state index contributed by atoms with van der Waals surface area (Å²) in [5, 5.41) is 14.0. The van der Waals surface area contributed by atoms with E-state index in [1.807, 2.05) is 12.3 Å². The summed E-state index contributed by atoms with van der Waals surface area (Å²) in [4.78, 5) is 14.3. The highest BCUT2D eigenvalue weighted by atomic mass is 32.1. The molecular weight excluding hydrogens is 176 g/mol. The monoisotopic (exact) mass is 186 g/mol. The molecule has 1 aromatic rings. The van der Waals surface area contributed by atoms with Crippen molar-refractivity contribution in [2.45, 2.75) is 13.0 Å². The maximum absolute atomic E-state index is 10.2. The lowest BCUT2D eigenvalue weighted by Gasteiger charge is -2.07. The lowest BCUT2D eigenvalue weighted by molar-refractivity contribution is -0.136. The van der Waals surface area contributed by atoms with Gasteiger partial charge in [0.25, 0.3) is 0 Å². The highest BCUT2D eigenvalue weighted by Crippen LogP contribution is 2.13. The molecule has 0 saturated carbocycles. The van der Waals surface area contributed by atoms with Crippen LogP contribution in [0.4, 0.5) is 0 Å². The molecular formula is C7H10N2O2S. The van der Waals surface area contributed by atoms with Gasteiger partial charge >= 0.3 is 5.97 Å². The summed E-state index contributed by atoms with van der Waals surface area (Å²) in [7, 11) is 0. The molecule has 0 aliphatic heterocycles. The van der Waals surface area contributed by atoms with Crippen molar-refractivity contribution >= 4 is 17.3 Å². The lowest BCUT2D eigenvalue weighted by Crippen LogP contribution is -2.25. The van der Waals surface area contributed by atoms with E-state index in [4.69, 9.17) is 5.11 Å². The molecule has 0 aliphatic carbocycles. The second-order valence-electron chi connectivity index (χ2n) is 2.37. The smallest absolute Gasteiger partial charge is 0.317 e. The minimum atomic E-state index is -0.849. The number of carboxylic acid groups (broad SMARTS) is 1. The minimum Gasteiger partial charge on any atom is -0.480 e. The summed E-state index contributed by atoms with van der Waals surface area (Å²) in [6.45, 7) is 1.86. The van der Waals surface area contributed by atoms with E-state index in [0.717, 1.165) is 5.01 Å². The third kappa shape index (κ3) is 2.60. The Bertz CT molecular complexity index is 248. The molecule has 0 unspecified atom stereocenters. The quantitative estimate of drug-likeness (QED) is 0.732. The van der Waals surface area contributed by atoms with Gasteiger partial charge in [-0.2, -0.15) is 0 Å². The van der Waals surface area contributed by atoms with Gasteiger partial charge < -0.3 is 5.11 Å². The standard InChI is InChI=1S/C7H10N2O2S/c1-5(9-4-6(10)11)7-8-2-3-12-7/h2-3,5,9H,4H2,1H3,(H,10,11)/t5-/m0/s1. The number of aliphatic carboxylic acids is 1. The van der Waals surface area contributed by atoms with E-state index in [1.54, 1.807) is 6.20 Å². The number of nitrogens with zero attached hydrogens (tertiary/aromatic N) is 1. The molecule has 0 aromatic carbocycles. The molecule has 12 heavy (non-hydrogen) atoms. The van der Waals surface area contributed by atoms with E-state index in [2.05, 4.69) is 10.3 Å². The topological polar surface area (TPSA) is 62.2 Å². The molecule has 4 nitrogen and oxygen atoms in total. The van der Waals surface area contributed by atoms with Gasteiger partial charge in [-0.15, -0.1) is 11.3 Å². The molecule has 0 aliphatic rings. The van der Waals surface area contributed by atoms with E-state index < -0.39 is 5.97 Å². The molecule has 0 saturated heterocycles. The normalized spacial score (nSPS) is 12.8. The molecule has 1 heterocycles. The molecule has 1 rings (SSSR count). The summed E-state index contributed by atoms with van der Waals surface area (Å²) in [5.74, 6) is -0.849. The summed E-state index contributed by atoms with van der Waals surface area (Å²) >= 11 is 1.52. The first-order valence-corrected chi connectivity index (χ1v) is 4.42. The van der Waals surface area contributed by atoms with Crippen molar-refractivity contribution < 1.29 is 9.90 Å². The second-order valence-corrected chi connectivity index (χ2v) is 3.29. The molecule has 66 valence electrons. The van der Waals surface area contributed by atoms with Crippen molar-refractivity contribution in [2.24, 2.45) is 0 Å². The first kappa shape index (κ1) is 9.15. The van der Waals surface area contributed by atoms with Crippen LogP contribution in [-0.2, 0) is 4.79 Å². The summed E-state index contributed by atoms with van der Waals surface area (Å²) in [6.07, 6.45) is 1.71. The summed E-state index contributed by atoms with van der Waals surface area (Å²) < 4.78 is 0. The van der Waals surface area contributed by atoms with Crippen molar-refractivity contribution in [3.63, 3.8) is 0 Å². The molecule has 1 atom stereocenters. The Kier molecular flexibility index (Phi) is 3.19. The van der Waals surface area contributed by atoms with Crippen molar-refractivity contribution in [3.8, 4) is 0 Å². The number of aromatic nitrogens is 1. The van der Waals surface area contributed by atoms with Crippen molar-refractivity contribution in [3.05, 3.63) is 16.6 Å². The Balaban J connectivity index is 2.39. The Morgan fingerprint density at radius 2 is 2.67 bits per heavy atom. The van der Waals surface area contributed by atoms with Crippen LogP contribution in [-0.4, -0.2) is 22.6 Å². The average molecular weight is 186 g/mol. The van der Waals surface area contributed by atoms with Gasteiger partial charge in [-0.25, -0.2) is 4.98 Å². The van der Waals surface area contributed by atoms with Gasteiger partial charge in [-0.1, -0.05) is 0 Å². The van der Waals surface area contributed by atoms with E-state index in [9.17, 15) is 4.79 Å². The minimum absolute atomic E-state index is 0.0149. The van der Waals surface area contributed by atoms with Crippen LogP contribution in [0.5, 0.6) is 0 Å². The summed E-state index contributed by atoms with van der Waals surface area (Å²) in [6, 6.07) is 0.0149. The number of carboxylic acids is 1. The molecule has 0 radical (unpaired) electrons. The Morgan fingerprint density at radius 1 is 1.92 bits per heavy atom. The Morgan fingerprint density at radius 3 is 3.17 bits per heavy atom. The van der Waals surface area contributed by atoms with Gasteiger partial charge in [-0.3, -0.25) is 10.1 Å². The van der Waals surface area contributed by atoms with Crippen LogP contribution < -0.4 is 5.32 Å². The number of rotatable bonds is 4. The zero-order valence-corrected chi connectivity index (χ0v) is 7.47. The van der Waals surface area contributed by atoms with Gasteiger partial charge in [0.1, 0.15) is 5.01 Å². The maximum Gasteiger partial charge on any atom is 0.317 e. The molecule has 5 heteroatoms. The van der Waals surface area contributed by atoms with Crippen LogP contribution in [0.2, 0.25) is 0 Å². The van der Waals surface area contributed by atoms with Gasteiger partial charge in [0.2, 0.25) is 0 Å². The van der Waals surface area contributed by atoms with E-state index in [1.165, 1.54) is 11.3 Å². The fourth-order valence-electron chi connectivity index (χ4n) is 0.776. The predicted molar refractivity (Wildman–Crippen MR) is 46.2 cm³/mol. The van der Waals surface area contributed by atoms with Gasteiger partial charge in [-0.05, 0) is 6.92 Å². The second kappa shape index (κ2) is 4.18. The molecule has 2 N–H and O–H groups in total. The SMILES string of the molecule is C[C@H](NCC(=O)O)c1nccs1. The number of hydrogen-bond acceptors (Lipinski definition) is 4. The number of hydrogen-bond donors (Lipinski definition) is 2. The molecule has 1 aromatic heterocycles. The third-order valence-corrected chi connectivity index (χ3v) is 2.34. The van der Waals surface area contributed by atoms with Gasteiger partial charge in [0.15, 0.2) is 0 Å². The van der Waals surface area contributed by atoms with Crippen LogP contribution in [0.15, 0.2) is 11.6 Å². The first-order chi connectivity index (χ1) is 5.70. The van der Waals surface area contributed by atoms with Gasteiger partial charge in [0, 0.05) is 11.6 Å². The Hall–Kier alpha value is -0.940. The van der Waals surface area contributed by atoms with E-state index >= 15 is 0 Å². The van der Waals surface area contributed by atoms with E-state index in [-0.39, 0.29) is 12.6 Å². The zero-order valence-electron chi connectivity index (χ0n) is 6.65. The zero-order chi connectivity index (χ0) is 8.97. The molecule has 0 spiro atoms. The highest BCUT2D eigenvalue weighted by molar-refractivity contribution is 7.09. The van der Waals surface area contributed by atoms with Crippen LogP contribution in [0.1, 0.15) is 18.0 Å². The van der Waals surface area contributed by atoms with Crippen LogP contribution >= 0.6 is 11.3 Å². The van der Waals surface area contributed by atoms with Gasteiger partial charge in [0.05, 0.1) is 12.6 Å². The van der Waals surface area contributed by atoms with Crippen molar-refractivity contribution in [1.82, 2.24) is 10.3 Å². The van der Waals surface area contributed by atoms with Crippen molar-refractivity contribution in [2.75, 3.05) is 6.54 Å². The fourth-order valence-corrected chi connectivity index (χ4v) is 1.45. The number of thiazole rings is 1. The highest BCUT2D eigenvalue weighted by Gasteiger charge is 2.07. The van der Waals surface area contributed by atoms with Crippen LogP contribution in [0.3, 0.4) is 0 Å². The molecule has 0 bridgehead atoms. The maximum atomic E-state index is 10.2. The largest absolute Gasteiger partial charge is 0.480 e. The Labute approximate surface area is 74.3 Å². The lowest BCUT2D eigenvalue weighted by atomic mass is 10.3. The third-order valence-electron chi connectivity index (χ3n) is 1.38. The molecule has 0 amide bonds. The number of carbonyl (C=O) groups is 1. The fraction of sp³-hybridized carbons (Fsp3) is 0.429. The van der Waals surface area contributed by atoms with Crippen LogP contribution in [0, 0.1) is 0 Å². The predicted octanol–water partition coefficient (Wildman–Crippen LogP) is 0.878. The summed E-state index contributed by atoms with van der Waals surface area (Å²) in [5.41, 5.74) is 0. The van der Waals surface area contributed by atoms with E-state index in [0.29, 0.717) is 0 Å². The van der Waals surface area contributed by atoms with Crippen LogP contribution in [0.25, 0.3) is 0 Å². The average Bonchev–Trinajstić information content (AvgIpc) is 2.51. The van der Waals surface area contributed by atoms with Crippen molar-refractivity contribution in [1.29, 1.82) is 0 Å².